The Kier molecular flexibility index (Phi) is 2.70. The Labute approximate surface area is 94.0 Å². The minimum absolute atomic E-state index is 0.0990. The SMILES string of the molecule is CC1=NN(c2cc(C)ccn2)C(=O)C1CN. The van der Waals surface area contributed by atoms with Crippen molar-refractivity contribution in [3.05, 3.63) is 23.9 Å². The van der Waals surface area contributed by atoms with Gasteiger partial charge in [0.05, 0.1) is 5.92 Å². The van der Waals surface area contributed by atoms with Crippen molar-refractivity contribution in [2.45, 2.75) is 13.8 Å². The van der Waals surface area contributed by atoms with Crippen LogP contribution < -0.4 is 10.7 Å². The molecule has 5 nitrogen and oxygen atoms in total. The van der Waals surface area contributed by atoms with Gasteiger partial charge in [-0.1, -0.05) is 0 Å². The van der Waals surface area contributed by atoms with E-state index in [1.54, 1.807) is 6.20 Å². The van der Waals surface area contributed by atoms with Gasteiger partial charge in [-0.05, 0) is 31.5 Å². The Bertz CT molecular complexity index is 455. The summed E-state index contributed by atoms with van der Waals surface area (Å²) in [6.45, 7) is 4.05. The second kappa shape index (κ2) is 4.02. The molecule has 1 unspecified atom stereocenters. The van der Waals surface area contributed by atoms with Gasteiger partial charge in [-0.2, -0.15) is 10.1 Å². The lowest BCUT2D eigenvalue weighted by atomic mass is 10.1. The maximum absolute atomic E-state index is 12.0. The third-order valence-electron chi connectivity index (χ3n) is 2.62. The molecule has 0 saturated carbocycles. The Morgan fingerprint density at radius 3 is 2.81 bits per heavy atom. The molecule has 1 aliphatic rings. The Balaban J connectivity index is 2.34. The topological polar surface area (TPSA) is 71.6 Å². The van der Waals surface area contributed by atoms with E-state index in [1.165, 1.54) is 5.01 Å². The molecule has 0 radical (unpaired) electrons. The van der Waals surface area contributed by atoms with Crippen LogP contribution >= 0.6 is 0 Å². The molecule has 1 aromatic rings. The van der Waals surface area contributed by atoms with Crippen molar-refractivity contribution < 1.29 is 4.79 Å². The summed E-state index contributed by atoms with van der Waals surface area (Å²) in [7, 11) is 0. The number of hydrogen-bond acceptors (Lipinski definition) is 4. The molecular weight excluding hydrogens is 204 g/mol. The number of aromatic nitrogens is 1. The molecule has 2 N–H and O–H groups in total. The van der Waals surface area contributed by atoms with Crippen molar-refractivity contribution in [1.29, 1.82) is 0 Å². The van der Waals surface area contributed by atoms with Crippen LogP contribution in [0.4, 0.5) is 5.82 Å². The molecular formula is C11H14N4O. The maximum Gasteiger partial charge on any atom is 0.258 e. The average molecular weight is 218 g/mol. The van der Waals surface area contributed by atoms with E-state index in [0.29, 0.717) is 5.82 Å². The number of nitrogens with zero attached hydrogens (tertiary/aromatic N) is 3. The molecule has 84 valence electrons. The lowest BCUT2D eigenvalue weighted by Crippen LogP contribution is -2.32. The third kappa shape index (κ3) is 1.69. The van der Waals surface area contributed by atoms with Crippen molar-refractivity contribution >= 4 is 17.4 Å². The van der Waals surface area contributed by atoms with Crippen LogP contribution in [0.3, 0.4) is 0 Å². The van der Waals surface area contributed by atoms with Gasteiger partial charge in [-0.25, -0.2) is 4.98 Å². The summed E-state index contributed by atoms with van der Waals surface area (Å²) < 4.78 is 0. The number of carbonyl (C=O) groups excluding carboxylic acids is 1. The van der Waals surface area contributed by atoms with Gasteiger partial charge < -0.3 is 5.73 Å². The van der Waals surface area contributed by atoms with Crippen molar-refractivity contribution in [1.82, 2.24) is 4.98 Å². The molecule has 1 aliphatic heterocycles. The van der Waals surface area contributed by atoms with E-state index < -0.39 is 0 Å². The Morgan fingerprint density at radius 1 is 1.50 bits per heavy atom. The summed E-state index contributed by atoms with van der Waals surface area (Å²) in [5.74, 6) is 0.153. The van der Waals surface area contributed by atoms with Crippen molar-refractivity contribution in [2.24, 2.45) is 16.8 Å². The highest BCUT2D eigenvalue weighted by molar-refractivity contribution is 6.14. The summed E-state index contributed by atoms with van der Waals surface area (Å²) >= 11 is 0. The molecule has 1 aromatic heterocycles. The summed E-state index contributed by atoms with van der Waals surface area (Å²) in [6, 6.07) is 3.70. The normalized spacial score (nSPS) is 20.2. The summed E-state index contributed by atoms with van der Waals surface area (Å²) in [4.78, 5) is 16.1. The van der Waals surface area contributed by atoms with E-state index in [4.69, 9.17) is 5.73 Å². The lowest BCUT2D eigenvalue weighted by molar-refractivity contribution is -0.119. The monoisotopic (exact) mass is 218 g/mol. The molecule has 2 heterocycles. The Morgan fingerprint density at radius 2 is 2.25 bits per heavy atom. The molecule has 0 saturated heterocycles. The van der Waals surface area contributed by atoms with Gasteiger partial charge in [0.15, 0.2) is 5.82 Å². The van der Waals surface area contributed by atoms with Gasteiger partial charge in [-0.15, -0.1) is 0 Å². The molecule has 0 aliphatic carbocycles. The highest BCUT2D eigenvalue weighted by Crippen LogP contribution is 2.21. The quantitative estimate of drug-likeness (QED) is 0.793. The summed E-state index contributed by atoms with van der Waals surface area (Å²) in [6.07, 6.45) is 1.67. The second-order valence-corrected chi connectivity index (χ2v) is 3.87. The fourth-order valence-corrected chi connectivity index (χ4v) is 1.67. The number of pyridine rings is 1. The summed E-state index contributed by atoms with van der Waals surface area (Å²) in [5, 5.41) is 5.52. The highest BCUT2D eigenvalue weighted by Gasteiger charge is 2.33. The first-order valence-electron chi connectivity index (χ1n) is 5.15. The largest absolute Gasteiger partial charge is 0.329 e. The molecule has 1 amide bonds. The number of amides is 1. The Hall–Kier alpha value is -1.75. The predicted octanol–water partition coefficient (Wildman–Crippen LogP) is 0.687. The number of rotatable bonds is 2. The first kappa shape index (κ1) is 10.8. The van der Waals surface area contributed by atoms with Crippen molar-refractivity contribution in [3.63, 3.8) is 0 Å². The molecule has 0 fully saturated rings. The van der Waals surface area contributed by atoms with Crippen LogP contribution in [0.5, 0.6) is 0 Å². The van der Waals surface area contributed by atoms with E-state index >= 15 is 0 Å². The zero-order chi connectivity index (χ0) is 11.7. The number of aryl methyl sites for hydroxylation is 1. The standard InChI is InChI=1S/C11H14N4O/c1-7-3-4-13-10(5-7)15-11(16)9(6-12)8(2)14-15/h3-5,9H,6,12H2,1-2H3. The van der Waals surface area contributed by atoms with Crippen LogP contribution in [0.15, 0.2) is 23.4 Å². The van der Waals surface area contributed by atoms with Crippen molar-refractivity contribution in [2.75, 3.05) is 11.6 Å². The van der Waals surface area contributed by atoms with Crippen LogP contribution in [0.1, 0.15) is 12.5 Å². The minimum atomic E-state index is -0.303. The highest BCUT2D eigenvalue weighted by atomic mass is 16.2. The number of hydrazone groups is 1. The van der Waals surface area contributed by atoms with Gasteiger partial charge in [0, 0.05) is 18.5 Å². The predicted molar refractivity (Wildman–Crippen MR) is 62.1 cm³/mol. The van der Waals surface area contributed by atoms with Gasteiger partial charge in [0.1, 0.15) is 0 Å². The van der Waals surface area contributed by atoms with Gasteiger partial charge in [0.25, 0.3) is 5.91 Å². The molecule has 2 rings (SSSR count). The minimum Gasteiger partial charge on any atom is -0.329 e. The fraction of sp³-hybridized carbons (Fsp3) is 0.364. The fourth-order valence-electron chi connectivity index (χ4n) is 1.67. The average Bonchev–Trinajstić information content (AvgIpc) is 2.54. The third-order valence-corrected chi connectivity index (χ3v) is 2.62. The number of hydrogen-bond donors (Lipinski definition) is 1. The van der Waals surface area contributed by atoms with Crippen LogP contribution in [-0.2, 0) is 4.79 Å². The lowest BCUT2D eigenvalue weighted by Gasteiger charge is -2.12. The molecule has 0 bridgehead atoms. The molecule has 0 aromatic carbocycles. The van der Waals surface area contributed by atoms with E-state index in [0.717, 1.165) is 11.3 Å². The summed E-state index contributed by atoms with van der Waals surface area (Å²) in [5.41, 5.74) is 7.33. The molecule has 0 spiro atoms. The van der Waals surface area contributed by atoms with Gasteiger partial charge >= 0.3 is 0 Å². The van der Waals surface area contributed by atoms with Crippen LogP contribution in [0.2, 0.25) is 0 Å². The first-order chi connectivity index (χ1) is 7.63. The number of anilines is 1. The van der Waals surface area contributed by atoms with E-state index in [9.17, 15) is 4.79 Å². The van der Waals surface area contributed by atoms with E-state index in [1.807, 2.05) is 26.0 Å². The van der Waals surface area contributed by atoms with Crippen LogP contribution in [0.25, 0.3) is 0 Å². The molecule has 16 heavy (non-hydrogen) atoms. The van der Waals surface area contributed by atoms with Crippen molar-refractivity contribution in [3.8, 4) is 0 Å². The maximum atomic E-state index is 12.0. The second-order valence-electron chi connectivity index (χ2n) is 3.87. The number of nitrogens with two attached hydrogens (primary N) is 1. The smallest absolute Gasteiger partial charge is 0.258 e. The number of carbonyl (C=O) groups is 1. The van der Waals surface area contributed by atoms with Crippen LogP contribution in [0, 0.1) is 12.8 Å². The zero-order valence-corrected chi connectivity index (χ0v) is 9.34. The van der Waals surface area contributed by atoms with Crippen LogP contribution in [-0.4, -0.2) is 23.1 Å². The molecule has 5 heteroatoms. The molecule has 1 atom stereocenters. The zero-order valence-electron chi connectivity index (χ0n) is 9.34. The first-order valence-corrected chi connectivity index (χ1v) is 5.15. The van der Waals surface area contributed by atoms with E-state index in [-0.39, 0.29) is 18.4 Å². The van der Waals surface area contributed by atoms with E-state index in [2.05, 4.69) is 10.1 Å². The van der Waals surface area contributed by atoms with Gasteiger partial charge in [-0.3, -0.25) is 4.79 Å². The van der Waals surface area contributed by atoms with Gasteiger partial charge in [0.2, 0.25) is 0 Å².